The van der Waals surface area contributed by atoms with Crippen LogP contribution in [0, 0.1) is 12.7 Å². The summed E-state index contributed by atoms with van der Waals surface area (Å²) in [6.07, 6.45) is 3.29. The average Bonchev–Trinajstić information content (AvgIpc) is 2.99. The first-order valence-electron chi connectivity index (χ1n) is 7.51. The van der Waals surface area contributed by atoms with Gasteiger partial charge in [-0.05, 0) is 36.2 Å². The molecule has 0 saturated carbocycles. The topological polar surface area (TPSA) is 59.0 Å². The molecular weight excluding hydrogens is 307 g/mol. The zero-order valence-electron chi connectivity index (χ0n) is 13.2. The molecule has 0 atom stereocenters. The molecule has 2 aromatic carbocycles. The van der Waals surface area contributed by atoms with Gasteiger partial charge in [0.2, 0.25) is 0 Å². The number of para-hydroxylation sites is 1. The minimum absolute atomic E-state index is 0.269. The van der Waals surface area contributed by atoms with E-state index in [-0.39, 0.29) is 11.8 Å². The smallest absolute Gasteiger partial charge is 0.307 e. The van der Waals surface area contributed by atoms with Crippen molar-refractivity contribution >= 4 is 17.4 Å². The highest BCUT2D eigenvalue weighted by Crippen LogP contribution is 2.14. The van der Waals surface area contributed by atoms with Crippen molar-refractivity contribution in [3.8, 4) is 0 Å². The summed E-state index contributed by atoms with van der Waals surface area (Å²) in [4.78, 5) is 12.0. The van der Waals surface area contributed by atoms with Crippen molar-refractivity contribution in [2.24, 2.45) is 0 Å². The molecule has 24 heavy (non-hydrogen) atoms. The van der Waals surface area contributed by atoms with Gasteiger partial charge in [-0.3, -0.25) is 4.68 Å². The molecule has 0 radical (unpaired) electrons. The number of urea groups is 1. The molecule has 0 unspecified atom stereocenters. The molecule has 6 heteroatoms. The molecule has 0 aliphatic rings. The van der Waals surface area contributed by atoms with E-state index < -0.39 is 0 Å². The third-order valence-electron chi connectivity index (χ3n) is 3.54. The lowest BCUT2D eigenvalue weighted by Gasteiger charge is -2.08. The Kier molecular flexibility index (Phi) is 4.56. The summed E-state index contributed by atoms with van der Waals surface area (Å²) in [7, 11) is 0. The second kappa shape index (κ2) is 6.95. The predicted octanol–water partition coefficient (Wildman–Crippen LogP) is 4.02. The van der Waals surface area contributed by atoms with Gasteiger partial charge in [-0.2, -0.15) is 5.10 Å². The number of aromatic nitrogens is 2. The number of halogens is 1. The van der Waals surface area contributed by atoms with Gasteiger partial charge < -0.3 is 10.6 Å². The average molecular weight is 324 g/mol. The van der Waals surface area contributed by atoms with Crippen LogP contribution >= 0.6 is 0 Å². The van der Waals surface area contributed by atoms with Crippen molar-refractivity contribution in [3.63, 3.8) is 0 Å². The zero-order chi connectivity index (χ0) is 16.9. The number of amides is 2. The molecule has 0 saturated heterocycles. The zero-order valence-corrected chi connectivity index (χ0v) is 13.2. The fraction of sp³-hybridized carbons (Fsp3) is 0.111. The number of anilines is 2. The van der Waals surface area contributed by atoms with E-state index in [1.165, 1.54) is 12.1 Å². The van der Waals surface area contributed by atoms with Crippen molar-refractivity contribution in [1.29, 1.82) is 0 Å². The number of carbonyl (C=O) groups is 1. The van der Waals surface area contributed by atoms with Crippen LogP contribution < -0.4 is 10.6 Å². The van der Waals surface area contributed by atoms with E-state index >= 15 is 0 Å². The van der Waals surface area contributed by atoms with E-state index in [1.54, 1.807) is 29.2 Å². The van der Waals surface area contributed by atoms with Crippen LogP contribution in [0.2, 0.25) is 0 Å². The van der Waals surface area contributed by atoms with Gasteiger partial charge in [0.15, 0.2) is 0 Å². The molecule has 0 bridgehead atoms. The van der Waals surface area contributed by atoms with Gasteiger partial charge in [-0.25, -0.2) is 9.18 Å². The monoisotopic (exact) mass is 324 g/mol. The molecule has 2 amide bonds. The van der Waals surface area contributed by atoms with Gasteiger partial charge in [0, 0.05) is 11.9 Å². The lowest BCUT2D eigenvalue weighted by molar-refractivity contribution is 0.262. The second-order valence-electron chi connectivity index (χ2n) is 5.45. The Morgan fingerprint density at radius 2 is 1.88 bits per heavy atom. The molecule has 0 spiro atoms. The fourth-order valence-electron chi connectivity index (χ4n) is 2.29. The van der Waals surface area contributed by atoms with E-state index in [0.717, 1.165) is 16.8 Å². The Labute approximate surface area is 139 Å². The molecule has 2 N–H and O–H groups in total. The number of hydrogen-bond donors (Lipinski definition) is 2. The largest absolute Gasteiger partial charge is 0.323 e. The molecule has 5 nitrogen and oxygen atoms in total. The summed E-state index contributed by atoms with van der Waals surface area (Å²) >= 11 is 0. The van der Waals surface area contributed by atoms with Crippen LogP contribution in [0.1, 0.15) is 11.1 Å². The summed E-state index contributed by atoms with van der Waals surface area (Å²) < 4.78 is 14.6. The Bertz CT molecular complexity index is 842. The van der Waals surface area contributed by atoms with Gasteiger partial charge in [0.05, 0.1) is 18.4 Å². The number of nitrogens with zero attached hydrogens (tertiary/aromatic N) is 2. The van der Waals surface area contributed by atoms with Gasteiger partial charge in [-0.1, -0.05) is 30.3 Å². The van der Waals surface area contributed by atoms with E-state index in [2.05, 4.69) is 15.7 Å². The SMILES string of the molecule is Cc1ccccc1NC(=O)Nc1cnn(Cc2ccc(F)cc2)c1. The van der Waals surface area contributed by atoms with Crippen LogP contribution in [-0.2, 0) is 6.54 Å². The minimum atomic E-state index is -0.328. The van der Waals surface area contributed by atoms with Gasteiger partial charge in [0.25, 0.3) is 0 Å². The number of carbonyl (C=O) groups excluding carboxylic acids is 1. The normalized spacial score (nSPS) is 10.4. The maximum atomic E-state index is 12.9. The molecule has 1 heterocycles. The van der Waals surface area contributed by atoms with Crippen molar-refractivity contribution in [1.82, 2.24) is 9.78 Å². The van der Waals surface area contributed by atoms with Crippen LogP contribution in [0.15, 0.2) is 60.9 Å². The highest BCUT2D eigenvalue weighted by Gasteiger charge is 2.06. The van der Waals surface area contributed by atoms with Gasteiger partial charge in [-0.15, -0.1) is 0 Å². The lowest BCUT2D eigenvalue weighted by atomic mass is 10.2. The molecule has 122 valence electrons. The maximum Gasteiger partial charge on any atom is 0.323 e. The van der Waals surface area contributed by atoms with Gasteiger partial charge in [0.1, 0.15) is 5.82 Å². The quantitative estimate of drug-likeness (QED) is 0.761. The Hall–Kier alpha value is -3.15. The Balaban J connectivity index is 1.60. The summed E-state index contributed by atoms with van der Waals surface area (Å²) in [6, 6.07) is 13.4. The summed E-state index contributed by atoms with van der Waals surface area (Å²) in [6.45, 7) is 2.43. The van der Waals surface area contributed by atoms with E-state index in [9.17, 15) is 9.18 Å². The van der Waals surface area contributed by atoms with Crippen molar-refractivity contribution in [2.75, 3.05) is 10.6 Å². The standard InChI is InChI=1S/C18H17FN4O/c1-13-4-2-3-5-17(13)22-18(24)21-16-10-20-23(12-16)11-14-6-8-15(19)9-7-14/h2-10,12H,11H2,1H3,(H2,21,22,24). The second-order valence-corrected chi connectivity index (χ2v) is 5.45. The number of rotatable bonds is 4. The predicted molar refractivity (Wildman–Crippen MR) is 91.5 cm³/mol. The molecule has 0 aliphatic heterocycles. The van der Waals surface area contributed by atoms with E-state index in [0.29, 0.717) is 12.2 Å². The summed E-state index contributed by atoms with van der Waals surface area (Å²) in [5.74, 6) is -0.269. The van der Waals surface area contributed by atoms with Crippen molar-refractivity contribution in [3.05, 3.63) is 77.9 Å². The van der Waals surface area contributed by atoms with Crippen molar-refractivity contribution in [2.45, 2.75) is 13.5 Å². The minimum Gasteiger partial charge on any atom is -0.307 e. The highest BCUT2D eigenvalue weighted by atomic mass is 19.1. The lowest BCUT2D eigenvalue weighted by Crippen LogP contribution is -2.19. The third kappa shape index (κ3) is 3.98. The van der Waals surface area contributed by atoms with Gasteiger partial charge >= 0.3 is 6.03 Å². The Morgan fingerprint density at radius 1 is 1.12 bits per heavy atom. The molecule has 1 aromatic heterocycles. The maximum absolute atomic E-state index is 12.9. The van der Waals surface area contributed by atoms with Crippen LogP contribution in [0.4, 0.5) is 20.6 Å². The molecule has 3 rings (SSSR count). The van der Waals surface area contributed by atoms with E-state index in [1.807, 2.05) is 31.2 Å². The molecule has 0 fully saturated rings. The Morgan fingerprint density at radius 3 is 2.62 bits per heavy atom. The van der Waals surface area contributed by atoms with Crippen LogP contribution in [0.25, 0.3) is 0 Å². The molecule has 3 aromatic rings. The third-order valence-corrected chi connectivity index (χ3v) is 3.54. The molecular formula is C18H17FN4O. The van der Waals surface area contributed by atoms with Crippen LogP contribution in [0.5, 0.6) is 0 Å². The first-order chi connectivity index (χ1) is 11.6. The van der Waals surface area contributed by atoms with Crippen molar-refractivity contribution < 1.29 is 9.18 Å². The first-order valence-corrected chi connectivity index (χ1v) is 7.51. The number of nitrogens with one attached hydrogen (secondary N) is 2. The van der Waals surface area contributed by atoms with Crippen LogP contribution in [0.3, 0.4) is 0 Å². The van der Waals surface area contributed by atoms with Crippen LogP contribution in [-0.4, -0.2) is 15.8 Å². The highest BCUT2D eigenvalue weighted by molar-refractivity contribution is 6.00. The first kappa shape index (κ1) is 15.7. The number of aryl methyl sites for hydroxylation is 1. The fourth-order valence-corrected chi connectivity index (χ4v) is 2.29. The summed E-state index contributed by atoms with van der Waals surface area (Å²) in [5.41, 5.74) is 3.26. The van der Waals surface area contributed by atoms with E-state index in [4.69, 9.17) is 0 Å². The number of hydrogen-bond acceptors (Lipinski definition) is 2. The molecule has 0 aliphatic carbocycles. The number of benzene rings is 2. The summed E-state index contributed by atoms with van der Waals surface area (Å²) in [5, 5.41) is 9.73.